The Bertz CT molecular complexity index is 1520. The van der Waals surface area contributed by atoms with Gasteiger partial charge < -0.3 is 15.1 Å². The number of benzene rings is 3. The van der Waals surface area contributed by atoms with E-state index in [4.69, 9.17) is 9.42 Å². The number of aromatic hydroxyl groups is 1. The number of nitrogens with two attached hydrogens (primary N) is 1. The Kier molecular flexibility index (Phi) is 8.87. The number of carbonyl (C=O) groups is 1. The lowest BCUT2D eigenvalue weighted by Gasteiger charge is -2.48. The Labute approximate surface area is 242 Å². The van der Waals surface area contributed by atoms with Crippen LogP contribution in [0.3, 0.4) is 0 Å². The lowest BCUT2D eigenvalue weighted by molar-refractivity contribution is -0.131. The first-order valence-electron chi connectivity index (χ1n) is 13.5. The number of amides is 1. The van der Waals surface area contributed by atoms with Gasteiger partial charge in [0.25, 0.3) is 0 Å². The molecule has 3 atom stereocenters. The highest BCUT2D eigenvalue weighted by Gasteiger charge is 2.49. The predicted molar refractivity (Wildman–Crippen MR) is 150 cm³/mol. The number of nitrogens with zero attached hydrogens (tertiary/aromatic N) is 3. The van der Waals surface area contributed by atoms with Gasteiger partial charge in [-0.3, -0.25) is 9.69 Å². The van der Waals surface area contributed by atoms with E-state index in [1.54, 1.807) is 12.1 Å². The summed E-state index contributed by atoms with van der Waals surface area (Å²) in [6.45, 7) is 2.21. The largest absolute Gasteiger partial charge is 0.508 e. The Morgan fingerprint density at radius 3 is 2.17 bits per heavy atom. The zero-order chi connectivity index (χ0) is 30.0. The molecule has 3 aromatic rings. The van der Waals surface area contributed by atoms with Crippen LogP contribution in [-0.4, -0.2) is 60.7 Å². The standard InChI is InChI=1S/C29H32F2N4O6S/c30-21-4-2-20(3-5-21)26(36)12-11-25-28(35(29(25)38)23-8-6-22(31)7-9-23)24-10-1-19(17-27(24)37)18-33-13-15-34(16-14-33)41-42(32,39)40/h1-10,17,25-26,28,36-37H,11-16,18H2,(H2,32,39,40). The summed E-state index contributed by atoms with van der Waals surface area (Å²) in [5.74, 6) is -1.61. The van der Waals surface area contributed by atoms with Gasteiger partial charge in [-0.25, -0.2) is 13.9 Å². The number of phenolic OH excluding ortho intramolecular Hbond substituents is 1. The lowest BCUT2D eigenvalue weighted by Crippen LogP contribution is -2.55. The molecule has 2 aliphatic rings. The normalized spacial score (nSPS) is 20.9. The zero-order valence-corrected chi connectivity index (χ0v) is 23.5. The van der Waals surface area contributed by atoms with Crippen LogP contribution in [0.5, 0.6) is 5.75 Å². The number of aliphatic hydroxyl groups excluding tert-OH is 1. The summed E-state index contributed by atoms with van der Waals surface area (Å²) in [4.78, 5) is 16.9. The minimum absolute atomic E-state index is 0.00242. The molecule has 0 aliphatic carbocycles. The van der Waals surface area contributed by atoms with E-state index in [-0.39, 0.29) is 18.1 Å². The second-order valence-corrected chi connectivity index (χ2v) is 11.7. The predicted octanol–water partition coefficient (Wildman–Crippen LogP) is 3.14. The molecular weight excluding hydrogens is 570 g/mol. The van der Waals surface area contributed by atoms with Crippen LogP contribution in [0, 0.1) is 17.6 Å². The third-order valence-corrected chi connectivity index (χ3v) is 8.10. The molecule has 10 nitrogen and oxygen atoms in total. The van der Waals surface area contributed by atoms with Crippen molar-refractivity contribution < 1.29 is 36.5 Å². The third kappa shape index (κ3) is 6.94. The maximum Gasteiger partial charge on any atom is 0.349 e. The number of carbonyl (C=O) groups excluding carboxylic acids is 1. The average Bonchev–Trinajstić information content (AvgIpc) is 2.94. The van der Waals surface area contributed by atoms with E-state index in [0.29, 0.717) is 56.0 Å². The van der Waals surface area contributed by atoms with Crippen LogP contribution < -0.4 is 10.0 Å². The van der Waals surface area contributed by atoms with Crippen LogP contribution in [-0.2, 0) is 25.9 Å². The van der Waals surface area contributed by atoms with Crippen molar-refractivity contribution in [2.24, 2.45) is 11.1 Å². The maximum atomic E-state index is 13.6. The summed E-state index contributed by atoms with van der Waals surface area (Å²) in [6.07, 6.45) is -0.340. The highest BCUT2D eigenvalue weighted by atomic mass is 32.2. The van der Waals surface area contributed by atoms with Gasteiger partial charge in [0.15, 0.2) is 0 Å². The molecule has 224 valence electrons. The first-order valence-corrected chi connectivity index (χ1v) is 15.0. The van der Waals surface area contributed by atoms with Gasteiger partial charge in [-0.05, 0) is 66.4 Å². The SMILES string of the molecule is NS(=O)(=O)ON1CCN(Cc2ccc(C3C(CCC(O)c4ccc(F)cc4)C(=O)N3c3ccc(F)cc3)c(O)c2)CC1. The smallest absolute Gasteiger partial charge is 0.349 e. The van der Waals surface area contributed by atoms with Crippen molar-refractivity contribution in [1.82, 2.24) is 9.96 Å². The van der Waals surface area contributed by atoms with E-state index in [1.807, 2.05) is 6.07 Å². The highest BCUT2D eigenvalue weighted by Crippen LogP contribution is 2.48. The van der Waals surface area contributed by atoms with E-state index in [9.17, 15) is 32.2 Å². The molecular formula is C29H32F2N4O6S. The number of anilines is 1. The van der Waals surface area contributed by atoms with Crippen molar-refractivity contribution in [3.8, 4) is 5.75 Å². The molecule has 2 heterocycles. The number of rotatable bonds is 10. The second-order valence-electron chi connectivity index (χ2n) is 10.5. The van der Waals surface area contributed by atoms with Gasteiger partial charge in [-0.2, -0.15) is 17.8 Å². The summed E-state index contributed by atoms with van der Waals surface area (Å²) in [7, 11) is -4.08. The molecule has 2 fully saturated rings. The minimum Gasteiger partial charge on any atom is -0.508 e. The first kappa shape index (κ1) is 30.0. The molecule has 4 N–H and O–H groups in total. The number of hydrogen-bond donors (Lipinski definition) is 3. The van der Waals surface area contributed by atoms with Crippen molar-refractivity contribution in [2.75, 3.05) is 31.1 Å². The molecule has 0 saturated carbocycles. The summed E-state index contributed by atoms with van der Waals surface area (Å²) in [5, 5.41) is 28.0. The Morgan fingerprint density at radius 1 is 0.952 bits per heavy atom. The van der Waals surface area contributed by atoms with Gasteiger partial charge in [0.05, 0.1) is 18.1 Å². The minimum atomic E-state index is -4.08. The molecule has 0 spiro atoms. The van der Waals surface area contributed by atoms with Crippen LogP contribution in [0.25, 0.3) is 0 Å². The van der Waals surface area contributed by atoms with E-state index in [2.05, 4.69) is 4.90 Å². The van der Waals surface area contributed by atoms with Crippen molar-refractivity contribution in [2.45, 2.75) is 31.5 Å². The number of β-lactam (4-membered cyclic amide) rings is 1. The number of piperazine rings is 1. The first-order chi connectivity index (χ1) is 20.0. The summed E-state index contributed by atoms with van der Waals surface area (Å²) in [5.41, 5.74) is 2.37. The van der Waals surface area contributed by atoms with E-state index < -0.39 is 40.0 Å². The molecule has 3 aromatic carbocycles. The van der Waals surface area contributed by atoms with Gasteiger partial charge >= 0.3 is 10.3 Å². The lowest BCUT2D eigenvalue weighted by atomic mass is 9.77. The fourth-order valence-corrected chi connectivity index (χ4v) is 6.01. The van der Waals surface area contributed by atoms with Crippen LogP contribution in [0.2, 0.25) is 0 Å². The van der Waals surface area contributed by atoms with Crippen LogP contribution >= 0.6 is 0 Å². The Hall–Kier alpha value is -3.46. The quantitative estimate of drug-likeness (QED) is 0.301. The molecule has 2 aliphatic heterocycles. The van der Waals surface area contributed by atoms with Crippen molar-refractivity contribution in [3.63, 3.8) is 0 Å². The van der Waals surface area contributed by atoms with E-state index in [0.717, 1.165) is 5.56 Å². The fourth-order valence-electron chi connectivity index (χ4n) is 5.57. The van der Waals surface area contributed by atoms with Gasteiger partial charge in [-0.15, -0.1) is 0 Å². The van der Waals surface area contributed by atoms with Crippen molar-refractivity contribution in [1.29, 1.82) is 0 Å². The molecule has 42 heavy (non-hydrogen) atoms. The zero-order valence-electron chi connectivity index (χ0n) is 22.6. The number of aliphatic hydroxyl groups is 1. The molecule has 5 rings (SSSR count). The van der Waals surface area contributed by atoms with E-state index >= 15 is 0 Å². The Morgan fingerprint density at radius 2 is 1.57 bits per heavy atom. The summed E-state index contributed by atoms with van der Waals surface area (Å²) < 4.78 is 54.0. The summed E-state index contributed by atoms with van der Waals surface area (Å²) >= 11 is 0. The fraction of sp³-hybridized carbons (Fsp3) is 0.345. The molecule has 0 radical (unpaired) electrons. The monoisotopic (exact) mass is 602 g/mol. The average molecular weight is 603 g/mol. The van der Waals surface area contributed by atoms with E-state index in [1.165, 1.54) is 58.5 Å². The van der Waals surface area contributed by atoms with Crippen LogP contribution in [0.1, 0.15) is 41.7 Å². The molecule has 3 unspecified atom stereocenters. The molecule has 0 aromatic heterocycles. The number of hydrogen-bond acceptors (Lipinski definition) is 8. The second kappa shape index (κ2) is 12.4. The Balaban J connectivity index is 1.31. The molecule has 0 bridgehead atoms. The summed E-state index contributed by atoms with van der Waals surface area (Å²) in [6, 6.07) is 15.8. The van der Waals surface area contributed by atoms with Gasteiger partial charge in [0.2, 0.25) is 5.91 Å². The number of phenols is 1. The van der Waals surface area contributed by atoms with Crippen molar-refractivity contribution in [3.05, 3.63) is 95.1 Å². The highest BCUT2D eigenvalue weighted by molar-refractivity contribution is 7.84. The number of hydroxylamine groups is 2. The number of halogens is 2. The van der Waals surface area contributed by atoms with Gasteiger partial charge in [0, 0.05) is 44.0 Å². The maximum absolute atomic E-state index is 13.6. The third-order valence-electron chi connectivity index (χ3n) is 7.68. The topological polar surface area (TPSA) is 137 Å². The van der Waals surface area contributed by atoms with Crippen molar-refractivity contribution >= 4 is 21.9 Å². The molecule has 1 amide bonds. The molecule has 13 heteroatoms. The van der Waals surface area contributed by atoms with Gasteiger partial charge in [-0.1, -0.05) is 24.3 Å². The van der Waals surface area contributed by atoms with Crippen LogP contribution in [0.15, 0.2) is 66.7 Å². The van der Waals surface area contributed by atoms with Gasteiger partial charge in [0.1, 0.15) is 17.4 Å². The molecule has 2 saturated heterocycles. The van der Waals surface area contributed by atoms with Crippen LogP contribution in [0.4, 0.5) is 14.5 Å².